The van der Waals surface area contributed by atoms with Crippen LogP contribution in [0.15, 0.2) is 5.03 Å². The lowest BCUT2D eigenvalue weighted by Gasteiger charge is -2.09. The van der Waals surface area contributed by atoms with Crippen LogP contribution in [-0.4, -0.2) is 11.1 Å². The quantitative estimate of drug-likeness (QED) is 0.425. The zero-order valence-electron chi connectivity index (χ0n) is 7.70. The smallest absolute Gasteiger partial charge is 0.347 e. The summed E-state index contributed by atoms with van der Waals surface area (Å²) in [5.74, 6) is -1.33. The van der Waals surface area contributed by atoms with Crippen LogP contribution in [0, 0.1) is 0 Å². The number of carboxylic acid groups (broad SMARTS) is 1. The summed E-state index contributed by atoms with van der Waals surface area (Å²) in [5.41, 5.74) is 0.0973. The second-order valence-corrected chi connectivity index (χ2v) is 5.08. The third-order valence-corrected chi connectivity index (χ3v) is 4.30. The molecule has 1 aromatic carbocycles. The minimum absolute atomic E-state index is 0.00747. The number of carbonyl (C=O) groups is 1. The van der Waals surface area contributed by atoms with Crippen LogP contribution in [0.2, 0.25) is 25.1 Å². The summed E-state index contributed by atoms with van der Waals surface area (Å²) in [4.78, 5) is 10.6. The monoisotopic (exact) mass is 352 g/mol. The molecule has 0 bridgehead atoms. The highest BCUT2D eigenvalue weighted by molar-refractivity contribution is 6.56. The van der Waals surface area contributed by atoms with E-state index in [1.54, 1.807) is 0 Å². The van der Waals surface area contributed by atoms with Gasteiger partial charge in [-0.2, -0.15) is 0 Å². The molecule has 0 spiro atoms. The number of carboxylic acids is 1. The predicted octanol–water partition coefficient (Wildman–Crippen LogP) is 5.62. The maximum atomic E-state index is 10.6. The van der Waals surface area contributed by atoms with Gasteiger partial charge in [-0.1, -0.05) is 69.6 Å². The Balaban J connectivity index is 3.56. The molecule has 0 saturated heterocycles. The van der Waals surface area contributed by atoms with Gasteiger partial charge < -0.3 is 5.11 Å². The van der Waals surface area contributed by atoms with Crippen molar-refractivity contribution < 1.29 is 9.90 Å². The Kier molecular flexibility index (Phi) is 5.26. The van der Waals surface area contributed by atoms with E-state index >= 15 is 0 Å². The third kappa shape index (κ3) is 3.14. The molecule has 1 aromatic rings. The lowest BCUT2D eigenvalue weighted by atomic mass is 10.2. The van der Waals surface area contributed by atoms with E-state index in [4.69, 9.17) is 74.7 Å². The molecule has 0 aromatic heterocycles. The summed E-state index contributed by atoms with van der Waals surface area (Å²) >= 11 is 34.6. The summed E-state index contributed by atoms with van der Waals surface area (Å²) in [6.45, 7) is 0. The van der Waals surface area contributed by atoms with Gasteiger partial charge in [-0.05, 0) is 6.08 Å². The van der Waals surface area contributed by atoms with Crippen molar-refractivity contribution in [2.45, 2.75) is 0 Å². The lowest BCUT2D eigenvalue weighted by Crippen LogP contribution is -1.94. The molecule has 0 aliphatic heterocycles. The molecule has 0 atom stereocenters. The van der Waals surface area contributed by atoms with E-state index in [1.165, 1.54) is 0 Å². The van der Waals surface area contributed by atoms with Gasteiger partial charge in [0.25, 0.3) is 0 Å². The number of aliphatic carboxylic acids is 1. The first-order chi connectivity index (χ1) is 7.77. The zero-order chi connectivity index (χ0) is 13.3. The van der Waals surface area contributed by atoms with E-state index in [2.05, 4.69) is 0 Å². The van der Waals surface area contributed by atoms with Gasteiger partial charge in [0.15, 0.2) is 0 Å². The topological polar surface area (TPSA) is 37.3 Å². The molecule has 0 unspecified atom stereocenters. The molecule has 0 heterocycles. The number of rotatable bonds is 2. The van der Waals surface area contributed by atoms with Gasteiger partial charge >= 0.3 is 5.97 Å². The number of halogens is 6. The van der Waals surface area contributed by atoms with Crippen molar-refractivity contribution in [2.24, 2.45) is 0 Å². The van der Waals surface area contributed by atoms with Gasteiger partial charge in [-0.25, -0.2) is 4.79 Å². The van der Waals surface area contributed by atoms with Crippen molar-refractivity contribution in [3.63, 3.8) is 0 Å². The van der Waals surface area contributed by atoms with E-state index in [9.17, 15) is 4.79 Å². The molecule has 92 valence electrons. The average Bonchev–Trinajstić information content (AvgIpc) is 2.29. The first-order valence-electron chi connectivity index (χ1n) is 3.89. The zero-order valence-corrected chi connectivity index (χ0v) is 12.2. The average molecular weight is 355 g/mol. The van der Waals surface area contributed by atoms with E-state index in [1.807, 2.05) is 0 Å². The third-order valence-electron chi connectivity index (χ3n) is 1.72. The van der Waals surface area contributed by atoms with Crippen molar-refractivity contribution in [1.29, 1.82) is 0 Å². The lowest BCUT2D eigenvalue weighted by molar-refractivity contribution is -0.131. The van der Waals surface area contributed by atoms with Crippen molar-refractivity contribution in [1.82, 2.24) is 0 Å². The molecule has 0 fully saturated rings. The van der Waals surface area contributed by atoms with Crippen LogP contribution in [-0.2, 0) is 4.79 Å². The highest BCUT2D eigenvalue weighted by Gasteiger charge is 2.19. The standard InChI is InChI=1S/C9H2Cl6O2/c10-3(9(16)17)1-2-4(11)6(13)8(15)7(14)5(2)12/h1H,(H,16,17). The van der Waals surface area contributed by atoms with Gasteiger partial charge in [0.2, 0.25) is 0 Å². The first-order valence-corrected chi connectivity index (χ1v) is 6.16. The highest BCUT2D eigenvalue weighted by atomic mass is 35.5. The fraction of sp³-hybridized carbons (Fsp3) is 0. The second-order valence-electron chi connectivity index (χ2n) is 2.78. The van der Waals surface area contributed by atoms with Crippen LogP contribution in [0.5, 0.6) is 0 Å². The Labute approximate surface area is 127 Å². The van der Waals surface area contributed by atoms with Gasteiger partial charge in [-0.3, -0.25) is 0 Å². The van der Waals surface area contributed by atoms with E-state index in [0.29, 0.717) is 0 Å². The normalized spacial score (nSPS) is 11.8. The van der Waals surface area contributed by atoms with Crippen molar-refractivity contribution in [2.75, 3.05) is 0 Å². The van der Waals surface area contributed by atoms with Crippen LogP contribution < -0.4 is 0 Å². The van der Waals surface area contributed by atoms with Gasteiger partial charge in [0, 0.05) is 5.56 Å². The highest BCUT2D eigenvalue weighted by Crippen LogP contribution is 2.44. The predicted molar refractivity (Wildman–Crippen MR) is 73.0 cm³/mol. The largest absolute Gasteiger partial charge is 0.477 e. The Morgan fingerprint density at radius 3 is 1.59 bits per heavy atom. The van der Waals surface area contributed by atoms with Crippen molar-refractivity contribution >= 4 is 81.7 Å². The van der Waals surface area contributed by atoms with Crippen LogP contribution in [0.25, 0.3) is 6.08 Å². The Morgan fingerprint density at radius 1 is 0.882 bits per heavy atom. The fourth-order valence-corrected chi connectivity index (χ4v) is 2.31. The second kappa shape index (κ2) is 5.87. The van der Waals surface area contributed by atoms with Crippen molar-refractivity contribution in [3.05, 3.63) is 35.7 Å². The van der Waals surface area contributed by atoms with E-state index < -0.39 is 11.0 Å². The molecule has 2 nitrogen and oxygen atoms in total. The minimum Gasteiger partial charge on any atom is -0.477 e. The molecule has 0 radical (unpaired) electrons. The summed E-state index contributed by atoms with van der Waals surface area (Å²) in [5, 5.41) is 8.06. The van der Waals surface area contributed by atoms with Gasteiger partial charge in [-0.15, -0.1) is 0 Å². The fourth-order valence-electron chi connectivity index (χ4n) is 0.937. The molecule has 17 heavy (non-hydrogen) atoms. The molecule has 0 amide bonds. The Bertz CT molecular complexity index is 494. The van der Waals surface area contributed by atoms with Gasteiger partial charge in [0.1, 0.15) is 5.03 Å². The molecule has 0 aliphatic carbocycles. The molecule has 0 saturated carbocycles. The van der Waals surface area contributed by atoms with Crippen LogP contribution in [0.1, 0.15) is 5.56 Å². The molecule has 1 N–H and O–H groups in total. The molecule has 0 aliphatic rings. The minimum atomic E-state index is -1.33. The van der Waals surface area contributed by atoms with Crippen LogP contribution in [0.3, 0.4) is 0 Å². The van der Waals surface area contributed by atoms with Crippen molar-refractivity contribution in [3.8, 4) is 0 Å². The maximum absolute atomic E-state index is 10.6. The Morgan fingerprint density at radius 2 is 1.24 bits per heavy atom. The molecule has 1 rings (SSSR count). The number of hydrogen-bond donors (Lipinski definition) is 1. The SMILES string of the molecule is O=C(O)C(Cl)=Cc1c(Cl)c(Cl)c(Cl)c(Cl)c1Cl. The summed E-state index contributed by atoms with van der Waals surface area (Å²) in [6.07, 6.45) is 1.04. The van der Waals surface area contributed by atoms with Crippen LogP contribution >= 0.6 is 69.6 Å². The summed E-state index contributed by atoms with van der Waals surface area (Å²) in [7, 11) is 0. The van der Waals surface area contributed by atoms with E-state index in [-0.39, 0.29) is 30.7 Å². The molecule has 8 heteroatoms. The Hall–Kier alpha value is 0.170. The summed E-state index contributed by atoms with van der Waals surface area (Å²) in [6, 6.07) is 0. The number of hydrogen-bond acceptors (Lipinski definition) is 1. The first kappa shape index (κ1) is 15.2. The number of benzene rings is 1. The van der Waals surface area contributed by atoms with Gasteiger partial charge in [0.05, 0.1) is 25.1 Å². The summed E-state index contributed by atoms with van der Waals surface area (Å²) < 4.78 is 0. The molecular weight excluding hydrogens is 353 g/mol. The molecular formula is C9H2Cl6O2. The maximum Gasteiger partial charge on any atom is 0.347 e. The van der Waals surface area contributed by atoms with E-state index in [0.717, 1.165) is 6.08 Å². The van der Waals surface area contributed by atoms with Crippen LogP contribution in [0.4, 0.5) is 0 Å².